The summed E-state index contributed by atoms with van der Waals surface area (Å²) >= 11 is 6.20. The average molecular weight is 560 g/mol. The Morgan fingerprint density at radius 1 is 1.10 bits per heavy atom. The standard InChI is InChI=1S/C32H30ClNO6/c1-17-28(32(37)40-21-7-3-4-8-21)29(24-16-39-27-11-10-20(33)15-23(27)31(24)36)30-25(34-17)13-19(14-26(30)35)18-6-5-9-22(12-18)38-2/h5-6,9-12,15-16,19,21,28-29,34H,1,3-4,7-8,13-14H2,2H3. The lowest BCUT2D eigenvalue weighted by Crippen LogP contribution is -2.43. The highest BCUT2D eigenvalue weighted by atomic mass is 35.5. The second kappa shape index (κ2) is 10.6. The number of allylic oxidation sites excluding steroid dienone is 2. The Morgan fingerprint density at radius 3 is 2.67 bits per heavy atom. The lowest BCUT2D eigenvalue weighted by Gasteiger charge is -2.40. The number of fused-ring (bicyclic) bond motifs is 1. The van der Waals surface area contributed by atoms with Crippen LogP contribution in [0.1, 0.15) is 61.5 Å². The molecule has 0 saturated heterocycles. The van der Waals surface area contributed by atoms with Gasteiger partial charge in [-0.1, -0.05) is 30.3 Å². The topological polar surface area (TPSA) is 94.8 Å². The molecule has 0 bridgehead atoms. The number of carbonyl (C=O) groups is 2. The Bertz CT molecular complexity index is 1620. The number of Topliss-reactive ketones (excluding diaryl/α,β-unsaturated/α-hetero) is 1. The molecule has 6 rings (SSSR count). The van der Waals surface area contributed by atoms with Gasteiger partial charge in [-0.3, -0.25) is 14.4 Å². The van der Waals surface area contributed by atoms with Gasteiger partial charge in [0.05, 0.1) is 18.8 Å². The van der Waals surface area contributed by atoms with E-state index in [1.54, 1.807) is 25.3 Å². The zero-order valence-corrected chi connectivity index (χ0v) is 23.0. The van der Waals surface area contributed by atoms with E-state index in [9.17, 15) is 14.4 Å². The number of esters is 1. The molecule has 3 aromatic rings. The monoisotopic (exact) mass is 559 g/mol. The van der Waals surface area contributed by atoms with Crippen molar-refractivity contribution in [3.8, 4) is 5.75 Å². The highest BCUT2D eigenvalue weighted by Crippen LogP contribution is 2.47. The quantitative estimate of drug-likeness (QED) is 0.374. The van der Waals surface area contributed by atoms with Crippen molar-refractivity contribution >= 4 is 34.3 Å². The third-order valence-corrected chi connectivity index (χ3v) is 8.57. The summed E-state index contributed by atoms with van der Waals surface area (Å²) in [5.41, 5.74) is 2.70. The van der Waals surface area contributed by atoms with Crippen LogP contribution >= 0.6 is 11.6 Å². The van der Waals surface area contributed by atoms with Crippen LogP contribution < -0.4 is 15.5 Å². The number of ether oxygens (including phenoxy) is 2. The molecule has 40 heavy (non-hydrogen) atoms. The minimum atomic E-state index is -0.962. The third kappa shape index (κ3) is 4.73. The van der Waals surface area contributed by atoms with E-state index < -0.39 is 17.8 Å². The van der Waals surface area contributed by atoms with E-state index in [1.165, 1.54) is 6.26 Å². The van der Waals surface area contributed by atoms with Crippen molar-refractivity contribution in [3.63, 3.8) is 0 Å². The summed E-state index contributed by atoms with van der Waals surface area (Å²) in [5.74, 6) is -1.87. The van der Waals surface area contributed by atoms with E-state index in [1.807, 2.05) is 24.3 Å². The predicted octanol–water partition coefficient (Wildman–Crippen LogP) is 6.16. The summed E-state index contributed by atoms with van der Waals surface area (Å²) in [6.07, 6.45) is 5.53. The number of ketones is 1. The maximum absolute atomic E-state index is 13.9. The smallest absolute Gasteiger partial charge is 0.316 e. The first-order valence-electron chi connectivity index (χ1n) is 13.6. The minimum Gasteiger partial charge on any atom is -0.497 e. The van der Waals surface area contributed by atoms with Gasteiger partial charge >= 0.3 is 5.97 Å². The molecule has 8 heteroatoms. The van der Waals surface area contributed by atoms with Gasteiger partial charge < -0.3 is 19.2 Å². The molecule has 2 aromatic carbocycles. The maximum Gasteiger partial charge on any atom is 0.316 e. The maximum atomic E-state index is 13.9. The van der Waals surface area contributed by atoms with E-state index in [2.05, 4.69) is 11.9 Å². The molecule has 3 aliphatic rings. The van der Waals surface area contributed by atoms with Gasteiger partial charge in [0.2, 0.25) is 0 Å². The summed E-state index contributed by atoms with van der Waals surface area (Å²) in [6, 6.07) is 12.5. The Morgan fingerprint density at radius 2 is 1.90 bits per heavy atom. The molecular weight excluding hydrogens is 530 g/mol. The summed E-state index contributed by atoms with van der Waals surface area (Å²) in [5, 5.41) is 3.95. The van der Waals surface area contributed by atoms with Gasteiger partial charge in [0, 0.05) is 39.9 Å². The van der Waals surface area contributed by atoms with Crippen molar-refractivity contribution in [1.82, 2.24) is 5.32 Å². The van der Waals surface area contributed by atoms with Crippen molar-refractivity contribution in [3.05, 3.63) is 98.6 Å². The fourth-order valence-electron chi connectivity index (χ4n) is 6.37. The third-order valence-electron chi connectivity index (χ3n) is 8.34. The summed E-state index contributed by atoms with van der Waals surface area (Å²) in [6.45, 7) is 4.18. The van der Waals surface area contributed by atoms with Gasteiger partial charge in [0.15, 0.2) is 11.2 Å². The lowest BCUT2D eigenvalue weighted by molar-refractivity contribution is -0.153. The number of halogens is 1. The van der Waals surface area contributed by atoms with Crippen molar-refractivity contribution in [2.75, 3.05) is 7.11 Å². The SMILES string of the molecule is C=C1NC2=C(C(=O)CC(c3cccc(OC)c3)C2)C(c2coc3ccc(Cl)cc3c2=O)C1C(=O)OC1CCCC1. The summed E-state index contributed by atoms with van der Waals surface area (Å²) in [7, 11) is 1.61. The molecule has 0 radical (unpaired) electrons. The van der Waals surface area contributed by atoms with Crippen LogP contribution in [0, 0.1) is 5.92 Å². The fraction of sp³-hybridized carbons (Fsp3) is 0.344. The van der Waals surface area contributed by atoms with Crippen LogP contribution in [0.4, 0.5) is 0 Å². The molecule has 3 unspecified atom stereocenters. The van der Waals surface area contributed by atoms with Gasteiger partial charge in [0.1, 0.15) is 23.4 Å². The Hall–Kier alpha value is -3.84. The van der Waals surface area contributed by atoms with Gasteiger partial charge in [-0.05, 0) is 73.9 Å². The van der Waals surface area contributed by atoms with Crippen LogP contribution in [-0.2, 0) is 14.3 Å². The van der Waals surface area contributed by atoms with Gasteiger partial charge in [-0.2, -0.15) is 0 Å². The molecule has 206 valence electrons. The first kappa shape index (κ1) is 26.4. The highest BCUT2D eigenvalue weighted by molar-refractivity contribution is 6.31. The van der Waals surface area contributed by atoms with Crippen LogP contribution in [-0.4, -0.2) is 25.0 Å². The Labute approximate surface area is 236 Å². The summed E-state index contributed by atoms with van der Waals surface area (Å²) < 4.78 is 17.2. The molecule has 0 amide bonds. The molecule has 1 N–H and O–H groups in total. The fourth-order valence-corrected chi connectivity index (χ4v) is 6.54. The number of benzene rings is 2. The molecule has 2 heterocycles. The number of hydrogen-bond donors (Lipinski definition) is 1. The largest absolute Gasteiger partial charge is 0.497 e. The molecular formula is C32H30ClNO6. The summed E-state index contributed by atoms with van der Waals surface area (Å²) in [4.78, 5) is 41.5. The van der Waals surface area contributed by atoms with E-state index >= 15 is 0 Å². The molecule has 0 spiro atoms. The normalized spacial score (nSPS) is 23.2. The van der Waals surface area contributed by atoms with Crippen molar-refractivity contribution in [2.45, 2.75) is 56.5 Å². The second-order valence-corrected chi connectivity index (χ2v) is 11.2. The minimum absolute atomic E-state index is 0.101. The molecule has 2 aliphatic carbocycles. The number of nitrogens with one attached hydrogen (secondary N) is 1. The van der Waals surface area contributed by atoms with Crippen LogP contribution in [0.15, 0.2) is 81.5 Å². The van der Waals surface area contributed by atoms with Gasteiger partial charge in [-0.25, -0.2) is 0 Å². The average Bonchev–Trinajstić information content (AvgIpc) is 3.45. The Kier molecular flexibility index (Phi) is 7.00. The van der Waals surface area contributed by atoms with E-state index in [4.69, 9.17) is 25.5 Å². The predicted molar refractivity (Wildman–Crippen MR) is 151 cm³/mol. The van der Waals surface area contributed by atoms with Crippen LogP contribution in [0.25, 0.3) is 11.0 Å². The van der Waals surface area contributed by atoms with Crippen LogP contribution in [0.5, 0.6) is 5.75 Å². The zero-order valence-electron chi connectivity index (χ0n) is 22.2. The first-order valence-corrected chi connectivity index (χ1v) is 14.0. The van der Waals surface area contributed by atoms with Gasteiger partial charge in [-0.15, -0.1) is 0 Å². The van der Waals surface area contributed by atoms with E-state index in [0.29, 0.717) is 39.7 Å². The van der Waals surface area contributed by atoms with Gasteiger partial charge in [0.25, 0.3) is 0 Å². The van der Waals surface area contributed by atoms with Crippen molar-refractivity contribution < 1.29 is 23.5 Å². The molecule has 1 aliphatic heterocycles. The number of rotatable bonds is 5. The van der Waals surface area contributed by atoms with E-state index in [0.717, 1.165) is 31.2 Å². The molecule has 1 aromatic heterocycles. The van der Waals surface area contributed by atoms with Crippen LogP contribution in [0.2, 0.25) is 5.02 Å². The van der Waals surface area contributed by atoms with E-state index in [-0.39, 0.29) is 40.6 Å². The van der Waals surface area contributed by atoms with Crippen molar-refractivity contribution in [1.29, 1.82) is 0 Å². The highest BCUT2D eigenvalue weighted by Gasteiger charge is 2.47. The lowest BCUT2D eigenvalue weighted by atomic mass is 9.69. The van der Waals surface area contributed by atoms with Crippen LogP contribution in [0.3, 0.4) is 0 Å². The molecule has 7 nitrogen and oxygen atoms in total. The molecule has 1 saturated carbocycles. The number of methoxy groups -OCH3 is 1. The molecule has 3 atom stereocenters. The van der Waals surface area contributed by atoms with Crippen molar-refractivity contribution in [2.24, 2.45) is 5.92 Å². The number of carbonyl (C=O) groups excluding carboxylic acids is 2. The Balaban J connectivity index is 1.47. The zero-order chi connectivity index (χ0) is 28.0. The first-order chi connectivity index (χ1) is 19.3. The number of hydrogen-bond acceptors (Lipinski definition) is 7. The molecule has 1 fully saturated rings. The second-order valence-electron chi connectivity index (χ2n) is 10.8.